The van der Waals surface area contributed by atoms with Crippen LogP contribution in [0.3, 0.4) is 0 Å². The van der Waals surface area contributed by atoms with Crippen LogP contribution in [-0.2, 0) is 4.84 Å². The van der Waals surface area contributed by atoms with Crippen molar-refractivity contribution in [1.82, 2.24) is 10.8 Å². The van der Waals surface area contributed by atoms with E-state index in [0.717, 1.165) is 12.8 Å². The summed E-state index contributed by atoms with van der Waals surface area (Å²) < 4.78 is 0. The van der Waals surface area contributed by atoms with E-state index in [9.17, 15) is 4.79 Å². The molecule has 15 heavy (non-hydrogen) atoms. The maximum absolute atomic E-state index is 11.2. The molecule has 1 aliphatic carbocycles. The van der Waals surface area contributed by atoms with Crippen LogP contribution in [0.2, 0.25) is 0 Å². The number of hydrogen-bond donors (Lipinski definition) is 3. The van der Waals surface area contributed by atoms with Gasteiger partial charge in [0.2, 0.25) is 0 Å². The van der Waals surface area contributed by atoms with E-state index in [1.54, 1.807) is 6.92 Å². The zero-order chi connectivity index (χ0) is 11.1. The van der Waals surface area contributed by atoms with E-state index in [1.807, 2.05) is 0 Å². The number of hydrogen-bond acceptors (Lipinski definition) is 3. The van der Waals surface area contributed by atoms with Crippen molar-refractivity contribution in [3.8, 4) is 0 Å². The molecule has 5 heteroatoms. The van der Waals surface area contributed by atoms with Crippen molar-refractivity contribution in [2.24, 2.45) is 0 Å². The number of aliphatic hydroxyl groups excluding tert-OH is 1. The van der Waals surface area contributed by atoms with E-state index < -0.39 is 0 Å². The minimum Gasteiger partial charge on any atom is -0.393 e. The molecule has 88 valence electrons. The molecule has 1 fully saturated rings. The zero-order valence-electron chi connectivity index (χ0n) is 9.16. The predicted molar refractivity (Wildman–Crippen MR) is 56.2 cm³/mol. The first kappa shape index (κ1) is 12.3. The Bertz CT molecular complexity index is 191. The molecular weight excluding hydrogens is 196 g/mol. The fourth-order valence-electron chi connectivity index (χ4n) is 1.57. The number of carbonyl (C=O) groups excluding carboxylic acids is 1. The van der Waals surface area contributed by atoms with Gasteiger partial charge in [0.15, 0.2) is 0 Å². The number of aliphatic hydroxyl groups is 1. The molecule has 0 bridgehead atoms. The molecule has 5 nitrogen and oxygen atoms in total. The van der Waals surface area contributed by atoms with Gasteiger partial charge in [-0.1, -0.05) is 12.8 Å². The minimum absolute atomic E-state index is 0.174. The summed E-state index contributed by atoms with van der Waals surface area (Å²) in [6.45, 7) is 2.14. The van der Waals surface area contributed by atoms with Crippen LogP contribution in [0.25, 0.3) is 0 Å². The molecular formula is C10H20N2O3. The first-order valence-electron chi connectivity index (χ1n) is 5.56. The standard InChI is InChI=1S/C10H20N2O3/c1-8(13)6-7-11-10(14)12-15-9-4-2-3-5-9/h8-9,13H,2-7H2,1H3,(H2,11,12,14). The van der Waals surface area contributed by atoms with Crippen molar-refractivity contribution in [1.29, 1.82) is 0 Å². The SMILES string of the molecule is CC(O)CCNC(=O)NOC1CCCC1. The molecule has 2 amide bonds. The molecule has 0 aromatic carbocycles. The van der Waals surface area contributed by atoms with E-state index in [-0.39, 0.29) is 18.2 Å². The average Bonchev–Trinajstić information content (AvgIpc) is 2.66. The average molecular weight is 216 g/mol. The molecule has 1 rings (SSSR count). The Kier molecular flexibility index (Phi) is 5.42. The Morgan fingerprint density at radius 3 is 2.80 bits per heavy atom. The monoisotopic (exact) mass is 216 g/mol. The van der Waals surface area contributed by atoms with Crippen LogP contribution in [-0.4, -0.2) is 29.9 Å². The molecule has 0 saturated heterocycles. The Morgan fingerprint density at radius 1 is 1.53 bits per heavy atom. The van der Waals surface area contributed by atoms with Gasteiger partial charge in [-0.05, 0) is 26.2 Å². The third kappa shape index (κ3) is 5.59. The summed E-state index contributed by atoms with van der Waals surface area (Å²) >= 11 is 0. The summed E-state index contributed by atoms with van der Waals surface area (Å²) in [6.07, 6.45) is 4.73. The van der Waals surface area contributed by atoms with Crippen molar-refractivity contribution < 1.29 is 14.7 Å². The second kappa shape index (κ2) is 6.63. The fraction of sp³-hybridized carbons (Fsp3) is 0.900. The second-order valence-corrected chi connectivity index (χ2v) is 4.02. The molecule has 1 unspecified atom stereocenters. The molecule has 1 atom stereocenters. The number of rotatable bonds is 5. The van der Waals surface area contributed by atoms with Crippen LogP contribution in [0.15, 0.2) is 0 Å². The molecule has 0 radical (unpaired) electrons. The molecule has 0 aromatic heterocycles. The highest BCUT2D eigenvalue weighted by Crippen LogP contribution is 2.19. The normalized spacial score (nSPS) is 18.8. The Labute approximate surface area is 90.1 Å². The van der Waals surface area contributed by atoms with Gasteiger partial charge in [-0.2, -0.15) is 0 Å². The summed E-state index contributed by atoms with van der Waals surface area (Å²) in [4.78, 5) is 16.4. The van der Waals surface area contributed by atoms with E-state index in [2.05, 4.69) is 10.8 Å². The van der Waals surface area contributed by atoms with Crippen molar-refractivity contribution in [2.45, 2.75) is 51.2 Å². The predicted octanol–water partition coefficient (Wildman–Crippen LogP) is 0.931. The van der Waals surface area contributed by atoms with E-state index in [4.69, 9.17) is 9.94 Å². The lowest BCUT2D eigenvalue weighted by Gasteiger charge is -2.12. The van der Waals surface area contributed by atoms with Gasteiger partial charge in [-0.3, -0.25) is 4.84 Å². The van der Waals surface area contributed by atoms with E-state index in [1.165, 1.54) is 12.8 Å². The van der Waals surface area contributed by atoms with Gasteiger partial charge in [-0.25, -0.2) is 10.3 Å². The minimum atomic E-state index is -0.388. The molecule has 0 aromatic rings. The van der Waals surface area contributed by atoms with Crippen molar-refractivity contribution >= 4 is 6.03 Å². The summed E-state index contributed by atoms with van der Waals surface area (Å²) in [7, 11) is 0. The fourth-order valence-corrected chi connectivity index (χ4v) is 1.57. The van der Waals surface area contributed by atoms with Gasteiger partial charge in [-0.15, -0.1) is 0 Å². The summed E-state index contributed by atoms with van der Waals surface area (Å²) in [5, 5.41) is 11.6. The summed E-state index contributed by atoms with van der Waals surface area (Å²) in [5.41, 5.74) is 2.37. The van der Waals surface area contributed by atoms with E-state index >= 15 is 0 Å². The molecule has 0 spiro atoms. The number of urea groups is 1. The molecule has 1 aliphatic rings. The second-order valence-electron chi connectivity index (χ2n) is 4.02. The van der Waals surface area contributed by atoms with Crippen molar-refractivity contribution in [3.05, 3.63) is 0 Å². The van der Waals surface area contributed by atoms with Crippen LogP contribution in [0, 0.1) is 0 Å². The van der Waals surface area contributed by atoms with Gasteiger partial charge in [0.05, 0.1) is 12.2 Å². The number of carbonyl (C=O) groups is 1. The van der Waals surface area contributed by atoms with Crippen LogP contribution in [0.4, 0.5) is 4.79 Å². The van der Waals surface area contributed by atoms with Gasteiger partial charge in [0.25, 0.3) is 0 Å². The van der Waals surface area contributed by atoms with Crippen molar-refractivity contribution in [2.75, 3.05) is 6.54 Å². The largest absolute Gasteiger partial charge is 0.393 e. The molecule has 3 N–H and O–H groups in total. The summed E-state index contributed by atoms with van der Waals surface area (Å²) in [5.74, 6) is 0. The van der Waals surface area contributed by atoms with Crippen LogP contribution in [0.1, 0.15) is 39.0 Å². The third-order valence-corrected chi connectivity index (χ3v) is 2.47. The molecule has 0 aliphatic heterocycles. The summed E-state index contributed by atoms with van der Waals surface area (Å²) in [6, 6.07) is -0.331. The van der Waals surface area contributed by atoms with Crippen molar-refractivity contribution in [3.63, 3.8) is 0 Å². The third-order valence-electron chi connectivity index (χ3n) is 2.47. The van der Waals surface area contributed by atoms with Gasteiger partial charge in [0, 0.05) is 6.54 Å². The highest BCUT2D eigenvalue weighted by molar-refractivity contribution is 5.72. The lowest BCUT2D eigenvalue weighted by atomic mass is 10.3. The van der Waals surface area contributed by atoms with Crippen LogP contribution in [0.5, 0.6) is 0 Å². The number of hydroxylamine groups is 1. The number of amides is 2. The number of nitrogens with one attached hydrogen (secondary N) is 2. The highest BCUT2D eigenvalue weighted by Gasteiger charge is 2.16. The Balaban J connectivity index is 1.98. The van der Waals surface area contributed by atoms with Gasteiger partial charge >= 0.3 is 6.03 Å². The lowest BCUT2D eigenvalue weighted by Crippen LogP contribution is -2.38. The van der Waals surface area contributed by atoms with Crippen LogP contribution >= 0.6 is 0 Å². The van der Waals surface area contributed by atoms with Gasteiger partial charge < -0.3 is 10.4 Å². The van der Waals surface area contributed by atoms with Gasteiger partial charge in [0.1, 0.15) is 0 Å². The van der Waals surface area contributed by atoms with E-state index in [0.29, 0.717) is 13.0 Å². The topological polar surface area (TPSA) is 70.6 Å². The Hall–Kier alpha value is -0.810. The van der Waals surface area contributed by atoms with Crippen LogP contribution < -0.4 is 10.8 Å². The maximum Gasteiger partial charge on any atom is 0.338 e. The quantitative estimate of drug-likeness (QED) is 0.599. The first-order chi connectivity index (χ1) is 7.18. The molecule has 1 saturated carbocycles. The first-order valence-corrected chi connectivity index (χ1v) is 5.56. The lowest BCUT2D eigenvalue weighted by molar-refractivity contribution is 0.0000835. The zero-order valence-corrected chi connectivity index (χ0v) is 9.16. The molecule has 0 heterocycles. The maximum atomic E-state index is 11.2. The Morgan fingerprint density at radius 2 is 2.20 bits per heavy atom. The highest BCUT2D eigenvalue weighted by atomic mass is 16.7. The smallest absolute Gasteiger partial charge is 0.338 e.